The predicted octanol–water partition coefficient (Wildman–Crippen LogP) is 2.97. The van der Waals surface area contributed by atoms with Crippen LogP contribution in [0, 0.1) is 0 Å². The molecule has 0 bridgehead atoms. The molecule has 17 heavy (non-hydrogen) atoms. The molecule has 0 spiro atoms. The van der Waals surface area contributed by atoms with Crippen LogP contribution in [0.4, 0.5) is 11.6 Å². The first-order chi connectivity index (χ1) is 8.31. The fraction of sp³-hybridized carbons (Fsp3) is 0.167. The number of nitrogens with zero attached hydrogens (tertiary/aromatic N) is 2. The van der Waals surface area contributed by atoms with E-state index in [2.05, 4.69) is 15.3 Å². The summed E-state index contributed by atoms with van der Waals surface area (Å²) in [5.74, 6) is 1.50. The SMILES string of the molecule is COc1ccnc(Nc2cccc(CCl)c2)n1. The summed E-state index contributed by atoms with van der Waals surface area (Å²) < 4.78 is 5.03. The van der Waals surface area contributed by atoms with Crippen LogP contribution in [0.25, 0.3) is 0 Å². The second kappa shape index (κ2) is 5.50. The number of halogens is 1. The fourth-order valence-electron chi connectivity index (χ4n) is 1.38. The van der Waals surface area contributed by atoms with Crippen molar-refractivity contribution >= 4 is 23.2 Å². The lowest BCUT2D eigenvalue weighted by molar-refractivity contribution is 0.397. The fourth-order valence-corrected chi connectivity index (χ4v) is 1.54. The largest absolute Gasteiger partial charge is 0.481 e. The molecule has 0 radical (unpaired) electrons. The van der Waals surface area contributed by atoms with Crippen molar-refractivity contribution in [1.29, 1.82) is 0 Å². The minimum absolute atomic E-state index is 0.481. The second-order valence-corrected chi connectivity index (χ2v) is 3.65. The molecule has 0 aliphatic carbocycles. The Kier molecular flexibility index (Phi) is 3.77. The Morgan fingerprint density at radius 1 is 1.35 bits per heavy atom. The van der Waals surface area contributed by atoms with Crippen LogP contribution in [0.3, 0.4) is 0 Å². The van der Waals surface area contributed by atoms with Crippen LogP contribution in [-0.2, 0) is 5.88 Å². The van der Waals surface area contributed by atoms with Crippen LogP contribution in [0.15, 0.2) is 36.5 Å². The summed E-state index contributed by atoms with van der Waals surface area (Å²) >= 11 is 5.77. The smallest absolute Gasteiger partial charge is 0.230 e. The van der Waals surface area contributed by atoms with Crippen molar-refractivity contribution in [3.63, 3.8) is 0 Å². The maximum absolute atomic E-state index is 5.77. The molecule has 1 N–H and O–H groups in total. The van der Waals surface area contributed by atoms with Gasteiger partial charge in [0.05, 0.1) is 7.11 Å². The van der Waals surface area contributed by atoms with Crippen molar-refractivity contribution < 1.29 is 4.74 Å². The molecule has 0 aliphatic heterocycles. The average molecular weight is 250 g/mol. The standard InChI is InChI=1S/C12H12ClN3O/c1-17-11-5-6-14-12(16-11)15-10-4-2-3-9(7-10)8-13/h2-7H,8H2,1H3,(H,14,15,16). The van der Waals surface area contributed by atoms with E-state index in [4.69, 9.17) is 16.3 Å². The van der Waals surface area contributed by atoms with Gasteiger partial charge in [-0.3, -0.25) is 0 Å². The van der Waals surface area contributed by atoms with E-state index in [9.17, 15) is 0 Å². The Morgan fingerprint density at radius 3 is 3.00 bits per heavy atom. The monoisotopic (exact) mass is 249 g/mol. The van der Waals surface area contributed by atoms with Crippen LogP contribution in [0.1, 0.15) is 5.56 Å². The van der Waals surface area contributed by atoms with E-state index in [1.165, 1.54) is 0 Å². The summed E-state index contributed by atoms with van der Waals surface area (Å²) in [5.41, 5.74) is 1.94. The average Bonchev–Trinajstić information content (AvgIpc) is 2.39. The van der Waals surface area contributed by atoms with Gasteiger partial charge >= 0.3 is 0 Å². The summed E-state index contributed by atoms with van der Waals surface area (Å²) in [4.78, 5) is 8.27. The third-order valence-electron chi connectivity index (χ3n) is 2.18. The summed E-state index contributed by atoms with van der Waals surface area (Å²) in [5, 5.41) is 3.09. The molecule has 2 rings (SSSR count). The zero-order valence-corrected chi connectivity index (χ0v) is 10.1. The summed E-state index contributed by atoms with van der Waals surface area (Å²) in [6, 6.07) is 9.47. The molecule has 0 amide bonds. The minimum Gasteiger partial charge on any atom is -0.481 e. The summed E-state index contributed by atoms with van der Waals surface area (Å²) in [6.45, 7) is 0. The molecule has 0 saturated carbocycles. The van der Waals surface area contributed by atoms with Crippen molar-refractivity contribution in [2.45, 2.75) is 5.88 Å². The maximum atomic E-state index is 5.77. The van der Waals surface area contributed by atoms with Crippen molar-refractivity contribution in [2.24, 2.45) is 0 Å². The highest BCUT2D eigenvalue weighted by Crippen LogP contribution is 2.17. The number of aromatic nitrogens is 2. The molecule has 1 aromatic carbocycles. The highest BCUT2D eigenvalue weighted by atomic mass is 35.5. The van der Waals surface area contributed by atoms with Crippen molar-refractivity contribution in [3.05, 3.63) is 42.1 Å². The van der Waals surface area contributed by atoms with Gasteiger partial charge in [-0.2, -0.15) is 4.98 Å². The number of ether oxygens (including phenoxy) is 1. The van der Waals surface area contributed by atoms with E-state index >= 15 is 0 Å². The van der Waals surface area contributed by atoms with Crippen LogP contribution in [0.2, 0.25) is 0 Å². The second-order valence-electron chi connectivity index (χ2n) is 3.38. The normalized spacial score (nSPS) is 10.0. The molecule has 2 aromatic rings. The number of nitrogens with one attached hydrogen (secondary N) is 1. The number of benzene rings is 1. The molecule has 4 nitrogen and oxygen atoms in total. The molecule has 1 aromatic heterocycles. The van der Waals surface area contributed by atoms with E-state index in [-0.39, 0.29) is 0 Å². The van der Waals surface area contributed by atoms with Gasteiger partial charge in [0.1, 0.15) is 0 Å². The van der Waals surface area contributed by atoms with Crippen molar-refractivity contribution in [3.8, 4) is 5.88 Å². The molecule has 1 heterocycles. The zero-order chi connectivity index (χ0) is 12.1. The van der Waals surface area contributed by atoms with Gasteiger partial charge in [-0.1, -0.05) is 12.1 Å². The first-order valence-corrected chi connectivity index (χ1v) is 5.64. The van der Waals surface area contributed by atoms with Gasteiger partial charge in [-0.15, -0.1) is 11.6 Å². The van der Waals surface area contributed by atoms with Gasteiger partial charge in [-0.25, -0.2) is 4.98 Å². The molecule has 0 fully saturated rings. The third-order valence-corrected chi connectivity index (χ3v) is 2.49. The van der Waals surface area contributed by atoms with Gasteiger partial charge in [-0.05, 0) is 17.7 Å². The number of alkyl halides is 1. The first kappa shape index (κ1) is 11.7. The van der Waals surface area contributed by atoms with Gasteiger partial charge in [0.15, 0.2) is 0 Å². The van der Waals surface area contributed by atoms with E-state index < -0.39 is 0 Å². The first-order valence-electron chi connectivity index (χ1n) is 5.11. The predicted molar refractivity (Wildman–Crippen MR) is 67.9 cm³/mol. The van der Waals surface area contributed by atoms with Gasteiger partial charge in [0.2, 0.25) is 11.8 Å². The third kappa shape index (κ3) is 3.07. The molecule has 0 atom stereocenters. The van der Waals surface area contributed by atoms with Crippen molar-refractivity contribution in [2.75, 3.05) is 12.4 Å². The lowest BCUT2D eigenvalue weighted by Gasteiger charge is -2.06. The Labute approximate surface area is 105 Å². The van der Waals surface area contributed by atoms with Crippen LogP contribution in [0.5, 0.6) is 5.88 Å². The van der Waals surface area contributed by atoms with Gasteiger partial charge in [0, 0.05) is 23.8 Å². The molecule has 88 valence electrons. The number of hydrogen-bond donors (Lipinski definition) is 1. The van der Waals surface area contributed by atoms with E-state index in [1.807, 2.05) is 24.3 Å². The Bertz CT molecular complexity index is 459. The number of methoxy groups -OCH3 is 1. The molecule has 0 saturated heterocycles. The lowest BCUT2D eigenvalue weighted by atomic mass is 10.2. The van der Waals surface area contributed by atoms with Crippen molar-refractivity contribution in [1.82, 2.24) is 9.97 Å². The molecular weight excluding hydrogens is 238 g/mol. The van der Waals surface area contributed by atoms with Crippen LogP contribution < -0.4 is 10.1 Å². The van der Waals surface area contributed by atoms with Crippen LogP contribution in [-0.4, -0.2) is 17.1 Å². The van der Waals surface area contributed by atoms with Gasteiger partial charge < -0.3 is 10.1 Å². The molecule has 0 aliphatic rings. The molecular formula is C12H12ClN3O. The Hall–Kier alpha value is -1.81. The summed E-state index contributed by atoms with van der Waals surface area (Å²) in [7, 11) is 1.57. The highest BCUT2D eigenvalue weighted by Gasteiger charge is 2.00. The topological polar surface area (TPSA) is 47.0 Å². The van der Waals surface area contributed by atoms with E-state index in [1.54, 1.807) is 19.4 Å². The number of hydrogen-bond acceptors (Lipinski definition) is 4. The highest BCUT2D eigenvalue weighted by molar-refractivity contribution is 6.17. The quantitative estimate of drug-likeness (QED) is 0.847. The number of anilines is 2. The van der Waals surface area contributed by atoms with E-state index in [0.717, 1.165) is 11.3 Å². The lowest BCUT2D eigenvalue weighted by Crippen LogP contribution is -1.98. The molecule has 5 heteroatoms. The zero-order valence-electron chi connectivity index (χ0n) is 9.35. The number of rotatable bonds is 4. The summed E-state index contributed by atoms with van der Waals surface area (Å²) in [6.07, 6.45) is 1.64. The van der Waals surface area contributed by atoms with Gasteiger partial charge in [0.25, 0.3) is 0 Å². The maximum Gasteiger partial charge on any atom is 0.230 e. The van der Waals surface area contributed by atoms with E-state index in [0.29, 0.717) is 17.7 Å². The Balaban J connectivity index is 2.18. The van der Waals surface area contributed by atoms with Crippen LogP contribution >= 0.6 is 11.6 Å². The minimum atomic E-state index is 0.481. The Morgan fingerprint density at radius 2 is 2.24 bits per heavy atom. The molecule has 0 unspecified atom stereocenters.